The van der Waals surface area contributed by atoms with Crippen molar-refractivity contribution in [1.29, 1.82) is 0 Å². The lowest BCUT2D eigenvalue weighted by molar-refractivity contribution is 0.930. The van der Waals surface area contributed by atoms with Gasteiger partial charge in [-0.15, -0.1) is 0 Å². The van der Waals surface area contributed by atoms with E-state index in [-0.39, 0.29) is 6.04 Å². The maximum Gasteiger partial charge on any atom is 0.0934 e. The number of hydrogen-bond donors (Lipinski definition) is 0. The lowest BCUT2D eigenvalue weighted by Gasteiger charge is -2.02. The first-order chi connectivity index (χ1) is 5.47. The Bertz CT molecular complexity index is 276. The van der Waals surface area contributed by atoms with Gasteiger partial charge >= 0.3 is 0 Å². The fourth-order valence-electron chi connectivity index (χ4n) is 1.10. The average Bonchev–Trinajstić information content (AvgIpc) is 2.58. The molecule has 11 heavy (non-hydrogen) atoms. The highest BCUT2D eigenvalue weighted by Crippen LogP contribution is 2.19. The number of allylic oxidation sites excluding steroid dienone is 1. The fraction of sp³-hybridized carbons (Fsp3) is 0.111. The molecule has 0 bridgehead atoms. The van der Waals surface area contributed by atoms with E-state index in [1.165, 1.54) is 5.56 Å². The van der Waals surface area contributed by atoms with Gasteiger partial charge in [-0.1, -0.05) is 6.08 Å². The van der Waals surface area contributed by atoms with Gasteiger partial charge in [0.25, 0.3) is 0 Å². The molecule has 0 N–H and O–H groups in total. The standard InChI is InChI=1S/C9H8N2/c1-2-9(11-5-1)8-3-6-10-7-4-8/h1-7,9H. The minimum absolute atomic E-state index is 0.220. The molecular formula is C9H8N2. The lowest BCUT2D eigenvalue weighted by atomic mass is 10.1. The van der Waals surface area contributed by atoms with Gasteiger partial charge in [-0.2, -0.15) is 0 Å². The van der Waals surface area contributed by atoms with Crippen LogP contribution in [0.3, 0.4) is 0 Å². The zero-order valence-corrected chi connectivity index (χ0v) is 6.01. The third kappa shape index (κ3) is 1.19. The highest BCUT2D eigenvalue weighted by molar-refractivity contribution is 5.74. The summed E-state index contributed by atoms with van der Waals surface area (Å²) < 4.78 is 0. The van der Waals surface area contributed by atoms with E-state index in [2.05, 4.69) is 16.1 Å². The van der Waals surface area contributed by atoms with E-state index >= 15 is 0 Å². The lowest BCUT2D eigenvalue weighted by Crippen LogP contribution is -1.87. The van der Waals surface area contributed by atoms with Crippen LogP contribution in [0.15, 0.2) is 41.7 Å². The summed E-state index contributed by atoms with van der Waals surface area (Å²) in [5, 5.41) is 0. The van der Waals surface area contributed by atoms with Gasteiger partial charge < -0.3 is 0 Å². The smallest absolute Gasteiger partial charge is 0.0934 e. The van der Waals surface area contributed by atoms with Gasteiger partial charge in [0.15, 0.2) is 0 Å². The van der Waals surface area contributed by atoms with Crippen molar-refractivity contribution in [3.05, 3.63) is 42.2 Å². The number of nitrogens with zero attached hydrogens (tertiary/aromatic N) is 2. The molecule has 0 aliphatic carbocycles. The highest BCUT2D eigenvalue weighted by Gasteiger charge is 2.05. The van der Waals surface area contributed by atoms with Gasteiger partial charge in [-0.25, -0.2) is 0 Å². The van der Waals surface area contributed by atoms with Crippen LogP contribution >= 0.6 is 0 Å². The molecular weight excluding hydrogens is 136 g/mol. The molecule has 0 aromatic carbocycles. The van der Waals surface area contributed by atoms with Crippen LogP contribution in [0, 0.1) is 0 Å². The van der Waals surface area contributed by atoms with Crippen LogP contribution in [0.25, 0.3) is 0 Å². The average molecular weight is 144 g/mol. The molecule has 2 nitrogen and oxygen atoms in total. The van der Waals surface area contributed by atoms with Crippen molar-refractivity contribution in [2.75, 3.05) is 0 Å². The summed E-state index contributed by atoms with van der Waals surface area (Å²) >= 11 is 0. The van der Waals surface area contributed by atoms with Gasteiger partial charge in [-0.3, -0.25) is 9.98 Å². The maximum absolute atomic E-state index is 4.24. The quantitative estimate of drug-likeness (QED) is 0.589. The second-order valence-electron chi connectivity index (χ2n) is 2.41. The second kappa shape index (κ2) is 2.66. The zero-order chi connectivity index (χ0) is 7.52. The Labute approximate surface area is 65.3 Å². The van der Waals surface area contributed by atoms with Crippen molar-refractivity contribution in [3.63, 3.8) is 0 Å². The number of aliphatic imine (C=N–C) groups is 1. The first-order valence-corrected chi connectivity index (χ1v) is 3.57. The topological polar surface area (TPSA) is 25.2 Å². The fourth-order valence-corrected chi connectivity index (χ4v) is 1.10. The van der Waals surface area contributed by atoms with E-state index < -0.39 is 0 Å². The minimum atomic E-state index is 0.220. The van der Waals surface area contributed by atoms with Crippen molar-refractivity contribution >= 4 is 6.21 Å². The molecule has 1 unspecified atom stereocenters. The Hall–Kier alpha value is -1.44. The zero-order valence-electron chi connectivity index (χ0n) is 6.01. The molecule has 2 heterocycles. The van der Waals surface area contributed by atoms with Gasteiger partial charge in [0, 0.05) is 18.6 Å². The molecule has 0 saturated carbocycles. The van der Waals surface area contributed by atoms with Crippen LogP contribution < -0.4 is 0 Å². The summed E-state index contributed by atoms with van der Waals surface area (Å²) in [5.74, 6) is 0. The van der Waals surface area contributed by atoms with Crippen molar-refractivity contribution in [3.8, 4) is 0 Å². The maximum atomic E-state index is 4.24. The molecule has 0 saturated heterocycles. The van der Waals surface area contributed by atoms with Crippen molar-refractivity contribution in [2.45, 2.75) is 6.04 Å². The molecule has 0 amide bonds. The Morgan fingerprint density at radius 1 is 1.18 bits per heavy atom. The normalized spacial score (nSPS) is 20.9. The second-order valence-corrected chi connectivity index (χ2v) is 2.41. The molecule has 0 radical (unpaired) electrons. The predicted octanol–water partition coefficient (Wildman–Crippen LogP) is 1.76. The predicted molar refractivity (Wildman–Crippen MR) is 44.6 cm³/mol. The molecule has 1 aliphatic heterocycles. The Balaban J connectivity index is 2.30. The summed E-state index contributed by atoms with van der Waals surface area (Å²) in [7, 11) is 0. The molecule has 0 spiro atoms. The van der Waals surface area contributed by atoms with Crippen molar-refractivity contribution in [1.82, 2.24) is 4.98 Å². The minimum Gasteiger partial charge on any atom is -0.281 e. The third-order valence-electron chi connectivity index (χ3n) is 1.67. The van der Waals surface area contributed by atoms with Crippen LogP contribution in [0.5, 0.6) is 0 Å². The van der Waals surface area contributed by atoms with E-state index in [0.29, 0.717) is 0 Å². The summed E-state index contributed by atoms with van der Waals surface area (Å²) in [6.45, 7) is 0. The summed E-state index contributed by atoms with van der Waals surface area (Å²) in [6, 6.07) is 4.19. The number of hydrogen-bond acceptors (Lipinski definition) is 2. The first kappa shape index (κ1) is 6.28. The van der Waals surface area contributed by atoms with Gasteiger partial charge in [0.1, 0.15) is 0 Å². The molecule has 0 fully saturated rings. The largest absolute Gasteiger partial charge is 0.281 e. The van der Waals surface area contributed by atoms with E-state index in [4.69, 9.17) is 0 Å². The van der Waals surface area contributed by atoms with Crippen LogP contribution in [0.4, 0.5) is 0 Å². The van der Waals surface area contributed by atoms with E-state index in [1.54, 1.807) is 12.4 Å². The van der Waals surface area contributed by atoms with Gasteiger partial charge in [0.05, 0.1) is 6.04 Å². The molecule has 1 aromatic rings. The number of rotatable bonds is 1. The van der Waals surface area contributed by atoms with Crippen LogP contribution in [0.2, 0.25) is 0 Å². The van der Waals surface area contributed by atoms with Crippen LogP contribution in [-0.4, -0.2) is 11.2 Å². The van der Waals surface area contributed by atoms with E-state index in [9.17, 15) is 0 Å². The van der Waals surface area contributed by atoms with Gasteiger partial charge in [-0.05, 0) is 23.8 Å². The summed E-state index contributed by atoms with van der Waals surface area (Å²) in [4.78, 5) is 8.18. The monoisotopic (exact) mass is 144 g/mol. The Morgan fingerprint density at radius 2 is 2.00 bits per heavy atom. The molecule has 1 atom stereocenters. The number of aromatic nitrogens is 1. The summed E-state index contributed by atoms with van der Waals surface area (Å²) in [6.07, 6.45) is 9.43. The number of pyridine rings is 1. The first-order valence-electron chi connectivity index (χ1n) is 3.57. The summed E-state index contributed by atoms with van der Waals surface area (Å²) in [5.41, 5.74) is 1.20. The molecule has 1 aromatic heterocycles. The van der Waals surface area contributed by atoms with Crippen molar-refractivity contribution < 1.29 is 0 Å². The van der Waals surface area contributed by atoms with Crippen LogP contribution in [-0.2, 0) is 0 Å². The Morgan fingerprint density at radius 3 is 2.64 bits per heavy atom. The molecule has 2 rings (SSSR count). The van der Waals surface area contributed by atoms with E-state index in [0.717, 1.165) is 0 Å². The Kier molecular flexibility index (Phi) is 1.52. The molecule has 54 valence electrons. The molecule has 1 aliphatic rings. The van der Waals surface area contributed by atoms with Gasteiger partial charge in [0.2, 0.25) is 0 Å². The molecule has 2 heteroatoms. The van der Waals surface area contributed by atoms with E-state index in [1.807, 2.05) is 24.4 Å². The van der Waals surface area contributed by atoms with Crippen LogP contribution in [0.1, 0.15) is 11.6 Å². The highest BCUT2D eigenvalue weighted by atomic mass is 14.8. The SMILES string of the molecule is C1=CC(c2ccncc2)N=C1. The van der Waals surface area contributed by atoms with Crippen molar-refractivity contribution in [2.24, 2.45) is 4.99 Å². The third-order valence-corrected chi connectivity index (χ3v) is 1.67.